The topological polar surface area (TPSA) is 24.9 Å². The number of nitrogens with zero attached hydrogens (tertiary/aromatic N) is 1. The van der Waals surface area contributed by atoms with Crippen molar-refractivity contribution in [2.75, 3.05) is 6.54 Å². The maximum atomic E-state index is 6.24. The molecule has 0 fully saturated rings. The Labute approximate surface area is 134 Å². The lowest BCUT2D eigenvalue weighted by Crippen LogP contribution is -2.24. The van der Waals surface area contributed by atoms with Crippen LogP contribution < -0.4 is 5.32 Å². The van der Waals surface area contributed by atoms with Crippen molar-refractivity contribution in [1.82, 2.24) is 10.3 Å². The molecule has 5 heteroatoms. The van der Waals surface area contributed by atoms with Gasteiger partial charge in [-0.1, -0.05) is 47.8 Å². The normalized spacial score (nSPS) is 12.4. The Hall–Kier alpha value is -0.800. The highest BCUT2D eigenvalue weighted by atomic mass is 35.5. The minimum Gasteiger partial charge on any atom is -0.309 e. The van der Waals surface area contributed by atoms with E-state index in [0.717, 1.165) is 17.8 Å². The van der Waals surface area contributed by atoms with Gasteiger partial charge in [0.1, 0.15) is 0 Å². The van der Waals surface area contributed by atoms with Crippen LogP contribution in [-0.4, -0.2) is 11.5 Å². The van der Waals surface area contributed by atoms with Gasteiger partial charge >= 0.3 is 0 Å². The van der Waals surface area contributed by atoms with E-state index in [9.17, 15) is 0 Å². The average Bonchev–Trinajstić information content (AvgIpc) is 2.43. The van der Waals surface area contributed by atoms with Crippen molar-refractivity contribution >= 4 is 34.8 Å². The van der Waals surface area contributed by atoms with Gasteiger partial charge in [0.15, 0.2) is 0 Å². The first kappa shape index (κ1) is 15.6. The molecule has 1 heterocycles. The molecule has 0 aliphatic rings. The first-order valence-electron chi connectivity index (χ1n) is 6.40. The highest BCUT2D eigenvalue weighted by Gasteiger charge is 2.18. The van der Waals surface area contributed by atoms with Gasteiger partial charge in [0, 0.05) is 16.2 Å². The maximum absolute atomic E-state index is 6.24. The second-order valence-electron chi connectivity index (χ2n) is 4.39. The summed E-state index contributed by atoms with van der Waals surface area (Å²) >= 11 is 18.7. The van der Waals surface area contributed by atoms with Crippen molar-refractivity contribution in [2.45, 2.75) is 19.4 Å². The molecule has 0 saturated carbocycles. The zero-order chi connectivity index (χ0) is 14.5. The molecule has 0 radical (unpaired) electrons. The third-order valence-electron chi connectivity index (χ3n) is 3.04. The van der Waals surface area contributed by atoms with Gasteiger partial charge in [0.2, 0.25) is 0 Å². The van der Waals surface area contributed by atoms with Gasteiger partial charge in [0.25, 0.3) is 0 Å². The molecule has 2 aromatic rings. The first-order valence-corrected chi connectivity index (χ1v) is 7.53. The molecule has 106 valence electrons. The quantitative estimate of drug-likeness (QED) is 0.841. The van der Waals surface area contributed by atoms with Crippen LogP contribution in [0.3, 0.4) is 0 Å². The molecule has 20 heavy (non-hydrogen) atoms. The summed E-state index contributed by atoms with van der Waals surface area (Å²) in [6.45, 7) is 2.84. The smallest absolute Gasteiger partial charge is 0.0762 e. The van der Waals surface area contributed by atoms with Crippen molar-refractivity contribution < 1.29 is 0 Å². The van der Waals surface area contributed by atoms with Gasteiger partial charge in [-0.3, -0.25) is 4.98 Å². The van der Waals surface area contributed by atoms with Crippen LogP contribution in [0.25, 0.3) is 0 Å². The molecular formula is C15H15Cl3N2. The molecule has 2 rings (SSSR count). The Morgan fingerprint density at radius 2 is 1.70 bits per heavy atom. The third kappa shape index (κ3) is 3.64. The van der Waals surface area contributed by atoms with Gasteiger partial charge in [0.05, 0.1) is 16.8 Å². The van der Waals surface area contributed by atoms with Gasteiger partial charge < -0.3 is 5.32 Å². The summed E-state index contributed by atoms with van der Waals surface area (Å²) in [5.41, 5.74) is 1.72. The van der Waals surface area contributed by atoms with Crippen LogP contribution >= 0.6 is 34.8 Å². The number of hydrogen-bond acceptors (Lipinski definition) is 2. The van der Waals surface area contributed by atoms with Gasteiger partial charge in [-0.15, -0.1) is 0 Å². The number of pyridine rings is 1. The van der Waals surface area contributed by atoms with Crippen LogP contribution in [0.2, 0.25) is 15.1 Å². The number of benzene rings is 1. The molecule has 1 aromatic heterocycles. The molecule has 0 bridgehead atoms. The van der Waals surface area contributed by atoms with Crippen molar-refractivity contribution in [3.8, 4) is 0 Å². The lowest BCUT2D eigenvalue weighted by Gasteiger charge is -2.19. The maximum Gasteiger partial charge on any atom is 0.0762 e. The van der Waals surface area contributed by atoms with Crippen LogP contribution in [0.15, 0.2) is 36.5 Å². The highest BCUT2D eigenvalue weighted by molar-refractivity contribution is 6.36. The Balaban J connectivity index is 2.33. The third-order valence-corrected chi connectivity index (χ3v) is 4.07. The summed E-state index contributed by atoms with van der Waals surface area (Å²) in [4.78, 5) is 4.37. The molecule has 0 saturated heterocycles. The number of aromatic nitrogens is 1. The fourth-order valence-electron chi connectivity index (χ4n) is 2.10. The Bertz CT molecular complexity index is 567. The molecular weight excluding hydrogens is 315 g/mol. The average molecular weight is 330 g/mol. The minimum atomic E-state index is -0.0221. The Morgan fingerprint density at radius 3 is 2.30 bits per heavy atom. The van der Waals surface area contributed by atoms with Gasteiger partial charge in [-0.25, -0.2) is 0 Å². The predicted octanol–water partition coefficient (Wildman–Crippen LogP) is 4.94. The molecule has 0 amide bonds. The van der Waals surface area contributed by atoms with Crippen LogP contribution in [0.1, 0.15) is 24.2 Å². The van der Waals surface area contributed by atoms with E-state index in [4.69, 9.17) is 34.8 Å². The molecule has 0 spiro atoms. The van der Waals surface area contributed by atoms with Crippen molar-refractivity contribution in [2.24, 2.45) is 0 Å². The van der Waals surface area contributed by atoms with E-state index in [0.29, 0.717) is 21.5 Å². The molecule has 1 N–H and O–H groups in total. The van der Waals surface area contributed by atoms with Crippen molar-refractivity contribution in [3.63, 3.8) is 0 Å². The number of nitrogens with one attached hydrogen (secondary N) is 1. The van der Waals surface area contributed by atoms with Crippen LogP contribution in [-0.2, 0) is 6.42 Å². The number of halogens is 3. The van der Waals surface area contributed by atoms with E-state index in [1.54, 1.807) is 6.20 Å². The monoisotopic (exact) mass is 328 g/mol. The number of rotatable bonds is 5. The molecule has 1 unspecified atom stereocenters. The van der Waals surface area contributed by atoms with Gasteiger partial charge in [-0.2, -0.15) is 0 Å². The largest absolute Gasteiger partial charge is 0.309 e. The standard InChI is InChI=1S/C15H15Cl3N2/c1-2-19-14(15-13(18)7-4-8-20-15)9-10-11(16)5-3-6-12(10)17/h3-8,14,19H,2,9H2,1H3. The Kier molecular flexibility index (Phi) is 5.67. The first-order chi connectivity index (χ1) is 9.63. The number of likely N-dealkylation sites (N-methyl/N-ethyl adjacent to an activating group) is 1. The van der Waals surface area contributed by atoms with Gasteiger partial charge in [-0.05, 0) is 42.8 Å². The summed E-state index contributed by atoms with van der Waals surface area (Å²) in [6.07, 6.45) is 2.38. The summed E-state index contributed by atoms with van der Waals surface area (Å²) in [6, 6.07) is 9.15. The molecule has 1 atom stereocenters. The van der Waals surface area contributed by atoms with E-state index >= 15 is 0 Å². The molecule has 0 aliphatic heterocycles. The van der Waals surface area contributed by atoms with Crippen molar-refractivity contribution in [3.05, 3.63) is 62.9 Å². The fraction of sp³-hybridized carbons (Fsp3) is 0.267. The minimum absolute atomic E-state index is 0.0221. The fourth-order valence-corrected chi connectivity index (χ4v) is 2.90. The molecule has 1 aromatic carbocycles. The summed E-state index contributed by atoms with van der Waals surface area (Å²) in [5.74, 6) is 0. The second-order valence-corrected chi connectivity index (χ2v) is 5.61. The van der Waals surface area contributed by atoms with Crippen LogP contribution in [0, 0.1) is 0 Å². The van der Waals surface area contributed by atoms with E-state index in [2.05, 4.69) is 10.3 Å². The van der Waals surface area contributed by atoms with E-state index in [-0.39, 0.29) is 6.04 Å². The molecule has 0 aliphatic carbocycles. The lowest BCUT2D eigenvalue weighted by atomic mass is 10.0. The zero-order valence-corrected chi connectivity index (χ0v) is 13.3. The highest BCUT2D eigenvalue weighted by Crippen LogP contribution is 2.30. The van der Waals surface area contributed by atoms with E-state index in [1.165, 1.54) is 0 Å². The zero-order valence-electron chi connectivity index (χ0n) is 11.0. The van der Waals surface area contributed by atoms with E-state index < -0.39 is 0 Å². The van der Waals surface area contributed by atoms with Crippen LogP contribution in [0.5, 0.6) is 0 Å². The lowest BCUT2D eigenvalue weighted by molar-refractivity contribution is 0.537. The summed E-state index contributed by atoms with van der Waals surface area (Å²) < 4.78 is 0. The molecule has 2 nitrogen and oxygen atoms in total. The summed E-state index contributed by atoms with van der Waals surface area (Å²) in [7, 11) is 0. The van der Waals surface area contributed by atoms with Crippen molar-refractivity contribution in [1.29, 1.82) is 0 Å². The van der Waals surface area contributed by atoms with Crippen LogP contribution in [0.4, 0.5) is 0 Å². The second kappa shape index (κ2) is 7.28. The SMILES string of the molecule is CCNC(Cc1c(Cl)cccc1Cl)c1ncccc1Cl. The Morgan fingerprint density at radius 1 is 1.05 bits per heavy atom. The number of hydrogen-bond donors (Lipinski definition) is 1. The predicted molar refractivity (Wildman–Crippen MR) is 85.8 cm³/mol. The summed E-state index contributed by atoms with van der Waals surface area (Å²) in [5, 5.41) is 5.34. The van der Waals surface area contributed by atoms with E-state index in [1.807, 2.05) is 37.3 Å².